The van der Waals surface area contributed by atoms with Crippen molar-refractivity contribution >= 4 is 11.5 Å². The van der Waals surface area contributed by atoms with Crippen LogP contribution in [-0.4, -0.2) is 17.5 Å². The number of carbonyl (C=O) groups is 1. The van der Waals surface area contributed by atoms with Crippen LogP contribution in [0.4, 0.5) is 0 Å². The summed E-state index contributed by atoms with van der Waals surface area (Å²) in [6.07, 6.45) is 7.27. The molecule has 0 aromatic heterocycles. The molecule has 2 nitrogen and oxygen atoms in total. The van der Waals surface area contributed by atoms with Gasteiger partial charge in [0.2, 0.25) is 0 Å². The lowest BCUT2D eigenvalue weighted by Gasteiger charge is -2.21. The molecule has 3 fully saturated rings. The van der Waals surface area contributed by atoms with Gasteiger partial charge in [-0.3, -0.25) is 9.79 Å². The number of carbonyl (C=O) groups excluding carboxylic acids is 1. The van der Waals surface area contributed by atoms with E-state index in [-0.39, 0.29) is 5.92 Å². The van der Waals surface area contributed by atoms with Gasteiger partial charge in [0.05, 0.1) is 5.92 Å². The van der Waals surface area contributed by atoms with Crippen molar-refractivity contribution in [2.24, 2.45) is 28.2 Å². The quantitative estimate of drug-likeness (QED) is 0.685. The molecule has 0 amide bonds. The van der Waals surface area contributed by atoms with Crippen LogP contribution in [0.25, 0.3) is 0 Å². The fourth-order valence-corrected chi connectivity index (χ4v) is 4.45. The molecule has 0 bridgehead atoms. The lowest BCUT2D eigenvalue weighted by atomic mass is 9.88. The smallest absolute Gasteiger partial charge is 0.142 e. The topological polar surface area (TPSA) is 29.4 Å². The van der Waals surface area contributed by atoms with Crippen molar-refractivity contribution in [2.45, 2.75) is 65.3 Å². The zero-order chi connectivity index (χ0) is 12.9. The average Bonchev–Trinajstić information content (AvgIpc) is 2.71. The number of ketones is 1. The van der Waals surface area contributed by atoms with Crippen molar-refractivity contribution in [1.29, 1.82) is 0 Å². The Morgan fingerprint density at radius 1 is 1.22 bits per heavy atom. The highest BCUT2D eigenvalue weighted by Gasteiger charge is 2.67. The number of aliphatic imine (C=N–C) groups is 1. The van der Waals surface area contributed by atoms with Crippen LogP contribution in [0.1, 0.15) is 59.3 Å². The molecule has 3 aliphatic rings. The van der Waals surface area contributed by atoms with Crippen LogP contribution >= 0.6 is 0 Å². The molecule has 0 saturated heterocycles. The molecule has 1 unspecified atom stereocenters. The van der Waals surface area contributed by atoms with E-state index in [4.69, 9.17) is 4.99 Å². The SMILES string of the molecule is CC(=NC1CCCCC1)C1C(=O)C[C@@H]2[C@H]1C2(C)C. The molecule has 0 spiro atoms. The first-order valence-corrected chi connectivity index (χ1v) is 7.59. The van der Waals surface area contributed by atoms with Gasteiger partial charge in [0.15, 0.2) is 0 Å². The molecule has 18 heavy (non-hydrogen) atoms. The Labute approximate surface area is 110 Å². The highest BCUT2D eigenvalue weighted by molar-refractivity contribution is 6.07. The van der Waals surface area contributed by atoms with Gasteiger partial charge < -0.3 is 0 Å². The number of hydrogen-bond donors (Lipinski definition) is 0. The Morgan fingerprint density at radius 3 is 2.50 bits per heavy atom. The number of nitrogens with zero attached hydrogens (tertiary/aromatic N) is 1. The Kier molecular flexibility index (Phi) is 2.87. The molecule has 3 atom stereocenters. The van der Waals surface area contributed by atoms with Crippen LogP contribution in [0, 0.1) is 23.2 Å². The van der Waals surface area contributed by atoms with E-state index in [0.29, 0.717) is 29.1 Å². The van der Waals surface area contributed by atoms with Crippen LogP contribution in [0.15, 0.2) is 4.99 Å². The summed E-state index contributed by atoms with van der Waals surface area (Å²) >= 11 is 0. The first-order valence-electron chi connectivity index (χ1n) is 7.59. The molecule has 100 valence electrons. The third-order valence-corrected chi connectivity index (χ3v) is 5.68. The Bertz CT molecular complexity index is 390. The van der Waals surface area contributed by atoms with Gasteiger partial charge in [0, 0.05) is 18.2 Å². The predicted molar refractivity (Wildman–Crippen MR) is 73.9 cm³/mol. The summed E-state index contributed by atoms with van der Waals surface area (Å²) in [5, 5.41) is 0. The Hall–Kier alpha value is -0.660. The largest absolute Gasteiger partial charge is 0.299 e. The highest BCUT2D eigenvalue weighted by atomic mass is 16.1. The van der Waals surface area contributed by atoms with Crippen molar-refractivity contribution in [2.75, 3.05) is 0 Å². The summed E-state index contributed by atoms with van der Waals surface area (Å²) in [6, 6.07) is 0.507. The van der Waals surface area contributed by atoms with E-state index in [1.54, 1.807) is 0 Å². The number of hydrogen-bond acceptors (Lipinski definition) is 2. The molecule has 0 N–H and O–H groups in total. The van der Waals surface area contributed by atoms with E-state index in [9.17, 15) is 4.79 Å². The van der Waals surface area contributed by atoms with Crippen molar-refractivity contribution < 1.29 is 4.79 Å². The van der Waals surface area contributed by atoms with Gasteiger partial charge in [-0.1, -0.05) is 33.1 Å². The molecular weight excluding hydrogens is 222 g/mol. The number of fused-ring (bicyclic) bond motifs is 1. The minimum absolute atomic E-state index is 0.159. The van der Waals surface area contributed by atoms with Crippen molar-refractivity contribution in [3.8, 4) is 0 Å². The molecule has 2 heteroatoms. The number of rotatable bonds is 2. The van der Waals surface area contributed by atoms with Gasteiger partial charge in [-0.05, 0) is 37.0 Å². The molecule has 0 heterocycles. The van der Waals surface area contributed by atoms with E-state index < -0.39 is 0 Å². The van der Waals surface area contributed by atoms with E-state index in [2.05, 4.69) is 20.8 Å². The summed E-state index contributed by atoms with van der Waals surface area (Å²) in [5.74, 6) is 1.86. The van der Waals surface area contributed by atoms with Crippen LogP contribution < -0.4 is 0 Å². The Balaban J connectivity index is 1.73. The van der Waals surface area contributed by atoms with E-state index in [1.165, 1.54) is 32.1 Å². The predicted octanol–water partition coefficient (Wildman–Crippen LogP) is 3.64. The minimum atomic E-state index is 0.159. The lowest BCUT2D eigenvalue weighted by Crippen LogP contribution is -2.25. The van der Waals surface area contributed by atoms with E-state index in [1.807, 2.05) is 0 Å². The lowest BCUT2D eigenvalue weighted by molar-refractivity contribution is -0.120. The van der Waals surface area contributed by atoms with Gasteiger partial charge in [-0.15, -0.1) is 0 Å². The fraction of sp³-hybridized carbons (Fsp3) is 0.875. The summed E-state index contributed by atoms with van der Waals surface area (Å²) in [6.45, 7) is 6.74. The van der Waals surface area contributed by atoms with Crippen molar-refractivity contribution in [3.63, 3.8) is 0 Å². The van der Waals surface area contributed by atoms with Crippen LogP contribution in [-0.2, 0) is 4.79 Å². The fourth-order valence-electron chi connectivity index (χ4n) is 4.45. The molecule has 3 rings (SSSR count). The zero-order valence-electron chi connectivity index (χ0n) is 11.9. The molecule has 0 aliphatic heterocycles. The molecular formula is C16H25NO. The third kappa shape index (κ3) is 1.85. The van der Waals surface area contributed by atoms with Crippen molar-refractivity contribution in [3.05, 3.63) is 0 Å². The monoisotopic (exact) mass is 247 g/mol. The van der Waals surface area contributed by atoms with E-state index in [0.717, 1.165) is 12.1 Å². The van der Waals surface area contributed by atoms with Gasteiger partial charge in [0.25, 0.3) is 0 Å². The van der Waals surface area contributed by atoms with Crippen LogP contribution in [0.5, 0.6) is 0 Å². The first kappa shape index (κ1) is 12.4. The maximum Gasteiger partial charge on any atom is 0.142 e. The molecule has 3 aliphatic carbocycles. The van der Waals surface area contributed by atoms with Gasteiger partial charge in [-0.25, -0.2) is 0 Å². The molecule has 3 saturated carbocycles. The zero-order valence-corrected chi connectivity index (χ0v) is 11.9. The third-order valence-electron chi connectivity index (χ3n) is 5.68. The summed E-state index contributed by atoms with van der Waals surface area (Å²) in [4.78, 5) is 17.0. The number of Topliss-reactive ketones (excluding diaryl/α,β-unsaturated/α-hetero) is 1. The normalized spacial score (nSPS) is 39.8. The molecule has 0 radical (unpaired) electrons. The van der Waals surface area contributed by atoms with Crippen molar-refractivity contribution in [1.82, 2.24) is 0 Å². The van der Waals surface area contributed by atoms with Crippen LogP contribution in [0.3, 0.4) is 0 Å². The minimum Gasteiger partial charge on any atom is -0.299 e. The maximum absolute atomic E-state index is 12.1. The maximum atomic E-state index is 12.1. The standard InChI is InChI=1S/C16H25NO/c1-10(17-11-7-5-4-6-8-11)14-13(18)9-12-15(14)16(12,2)3/h11-12,14-15H,4-9H2,1-3H3/t12-,14?,15-/m1/s1. The second-order valence-corrected chi connectivity index (χ2v) is 7.16. The second kappa shape index (κ2) is 4.18. The highest BCUT2D eigenvalue weighted by Crippen LogP contribution is 2.68. The summed E-state index contributed by atoms with van der Waals surface area (Å²) in [7, 11) is 0. The van der Waals surface area contributed by atoms with Gasteiger partial charge in [-0.2, -0.15) is 0 Å². The second-order valence-electron chi connectivity index (χ2n) is 7.16. The van der Waals surface area contributed by atoms with E-state index >= 15 is 0 Å². The van der Waals surface area contributed by atoms with Gasteiger partial charge >= 0.3 is 0 Å². The van der Waals surface area contributed by atoms with Gasteiger partial charge in [0.1, 0.15) is 5.78 Å². The summed E-state index contributed by atoms with van der Waals surface area (Å²) < 4.78 is 0. The average molecular weight is 247 g/mol. The van der Waals surface area contributed by atoms with Crippen LogP contribution in [0.2, 0.25) is 0 Å². The molecule has 0 aromatic carbocycles. The molecule has 0 aromatic rings. The Morgan fingerprint density at radius 2 is 1.89 bits per heavy atom. The first-order chi connectivity index (χ1) is 8.51. The summed E-state index contributed by atoms with van der Waals surface area (Å²) in [5.41, 5.74) is 1.53.